The summed E-state index contributed by atoms with van der Waals surface area (Å²) < 4.78 is 5.27. The fraction of sp³-hybridized carbons (Fsp3) is 0.133. The fourth-order valence-electron chi connectivity index (χ4n) is 2.18. The van der Waals surface area contributed by atoms with E-state index < -0.39 is 0 Å². The Morgan fingerprint density at radius 3 is 2.89 bits per heavy atom. The van der Waals surface area contributed by atoms with Crippen LogP contribution in [0.4, 0.5) is 5.69 Å². The van der Waals surface area contributed by atoms with Gasteiger partial charge in [0.15, 0.2) is 0 Å². The molecule has 1 aromatic heterocycles. The van der Waals surface area contributed by atoms with E-state index in [2.05, 4.69) is 23.0 Å². The van der Waals surface area contributed by atoms with Gasteiger partial charge in [0, 0.05) is 29.2 Å². The molecule has 90 valence electrons. The highest BCUT2D eigenvalue weighted by molar-refractivity contribution is 6.24. The Bertz CT molecular complexity index is 637. The molecule has 0 saturated carbocycles. The third kappa shape index (κ3) is 1.64. The van der Waals surface area contributed by atoms with Crippen LogP contribution in [-0.2, 0) is 0 Å². The molecule has 0 saturated heterocycles. The molecule has 0 atom stereocenters. The predicted molar refractivity (Wildman–Crippen MR) is 74.4 cm³/mol. The smallest absolute Gasteiger partial charge is 0.119 e. The molecule has 2 aromatic rings. The lowest BCUT2D eigenvalue weighted by atomic mass is 10.0. The summed E-state index contributed by atoms with van der Waals surface area (Å²) in [4.78, 5) is 7.66. The Hall–Kier alpha value is -2.29. The van der Waals surface area contributed by atoms with Crippen LogP contribution in [0.5, 0.6) is 5.75 Å². The van der Waals surface area contributed by atoms with Crippen molar-refractivity contribution < 1.29 is 4.74 Å². The molecule has 0 unspecified atom stereocenters. The number of rotatable bonds is 2. The van der Waals surface area contributed by atoms with Crippen LogP contribution in [0.1, 0.15) is 18.2 Å². The Morgan fingerprint density at radius 2 is 2.17 bits per heavy atom. The number of ether oxygens (including phenoxy) is 1. The number of aromatic nitrogens is 1. The van der Waals surface area contributed by atoms with Crippen LogP contribution >= 0.6 is 0 Å². The Labute approximate surface area is 106 Å². The molecular weight excluding hydrogens is 224 g/mol. The predicted octanol–water partition coefficient (Wildman–Crippen LogP) is 3.67. The van der Waals surface area contributed by atoms with Gasteiger partial charge in [0.05, 0.1) is 12.8 Å². The zero-order valence-corrected chi connectivity index (χ0v) is 10.4. The number of H-pyrrole nitrogens is 1. The van der Waals surface area contributed by atoms with Crippen molar-refractivity contribution in [1.82, 2.24) is 4.98 Å². The van der Waals surface area contributed by atoms with Crippen molar-refractivity contribution in [2.24, 2.45) is 4.99 Å². The first-order valence-electron chi connectivity index (χ1n) is 5.86. The molecule has 18 heavy (non-hydrogen) atoms. The van der Waals surface area contributed by atoms with Crippen LogP contribution in [0.15, 0.2) is 41.5 Å². The fourth-order valence-corrected chi connectivity index (χ4v) is 2.18. The molecule has 0 aliphatic carbocycles. The van der Waals surface area contributed by atoms with Gasteiger partial charge in [-0.1, -0.05) is 0 Å². The summed E-state index contributed by atoms with van der Waals surface area (Å²) >= 11 is 0. The van der Waals surface area contributed by atoms with Gasteiger partial charge in [0.1, 0.15) is 5.75 Å². The maximum Gasteiger partial charge on any atom is 0.119 e. The van der Waals surface area contributed by atoms with Crippen LogP contribution < -0.4 is 4.74 Å². The Balaban J connectivity index is 2.14. The van der Waals surface area contributed by atoms with Crippen molar-refractivity contribution in [3.05, 3.63) is 47.8 Å². The number of nitrogens with zero attached hydrogens (tertiary/aromatic N) is 1. The lowest BCUT2D eigenvalue weighted by Crippen LogP contribution is -1.89. The van der Waals surface area contributed by atoms with E-state index in [1.165, 1.54) is 5.57 Å². The van der Waals surface area contributed by atoms with E-state index in [0.29, 0.717) is 0 Å². The van der Waals surface area contributed by atoms with Gasteiger partial charge in [-0.25, -0.2) is 0 Å². The number of fused-ring (bicyclic) bond motifs is 1. The van der Waals surface area contributed by atoms with E-state index in [1.54, 1.807) is 7.11 Å². The molecule has 0 spiro atoms. The van der Waals surface area contributed by atoms with E-state index in [9.17, 15) is 0 Å². The zero-order valence-electron chi connectivity index (χ0n) is 10.4. The quantitative estimate of drug-likeness (QED) is 0.851. The second kappa shape index (κ2) is 4.18. The first-order chi connectivity index (χ1) is 8.79. The van der Waals surface area contributed by atoms with Crippen molar-refractivity contribution in [2.75, 3.05) is 7.11 Å². The van der Waals surface area contributed by atoms with Gasteiger partial charge in [-0.2, -0.15) is 0 Å². The summed E-state index contributed by atoms with van der Waals surface area (Å²) in [5.74, 6) is 0.857. The van der Waals surface area contributed by atoms with E-state index >= 15 is 0 Å². The minimum atomic E-state index is 0.857. The number of hydrogen-bond donors (Lipinski definition) is 1. The summed E-state index contributed by atoms with van der Waals surface area (Å²) in [6, 6.07) is 10.0. The number of hydrogen-bond acceptors (Lipinski definition) is 2. The van der Waals surface area contributed by atoms with Gasteiger partial charge < -0.3 is 9.72 Å². The average molecular weight is 238 g/mol. The van der Waals surface area contributed by atoms with Gasteiger partial charge in [-0.15, -0.1) is 0 Å². The monoisotopic (exact) mass is 238 g/mol. The number of nitrogens with one attached hydrogen (secondary N) is 1. The lowest BCUT2D eigenvalue weighted by Gasteiger charge is -2.06. The molecule has 1 N–H and O–H groups in total. The molecule has 3 rings (SSSR count). The number of benzene rings is 1. The number of aliphatic imine (C=N–C) groups is 1. The highest BCUT2D eigenvalue weighted by Gasteiger charge is 2.16. The molecule has 0 bridgehead atoms. The molecular formula is C15H14N2O. The molecule has 1 aromatic carbocycles. The van der Waals surface area contributed by atoms with E-state index in [-0.39, 0.29) is 0 Å². The number of allylic oxidation sites excluding steroid dienone is 2. The van der Waals surface area contributed by atoms with Crippen LogP contribution in [0, 0.1) is 0 Å². The topological polar surface area (TPSA) is 37.4 Å². The summed E-state index contributed by atoms with van der Waals surface area (Å²) in [5.41, 5.74) is 5.58. The summed E-state index contributed by atoms with van der Waals surface area (Å²) in [6.45, 7) is 2.10. The minimum absolute atomic E-state index is 0.857. The number of methoxy groups -OCH3 is 1. The SMILES string of the molecule is COc1ccc2c(c1)C(=C(C)c1ccc[nH]1)C=N2. The van der Waals surface area contributed by atoms with Crippen LogP contribution in [0.2, 0.25) is 0 Å². The normalized spacial score (nSPS) is 15.7. The summed E-state index contributed by atoms with van der Waals surface area (Å²) in [6.07, 6.45) is 3.85. The van der Waals surface area contributed by atoms with E-state index in [4.69, 9.17) is 4.74 Å². The molecule has 0 amide bonds. The van der Waals surface area contributed by atoms with Crippen molar-refractivity contribution in [3.63, 3.8) is 0 Å². The summed E-state index contributed by atoms with van der Waals surface area (Å²) in [5, 5.41) is 0. The molecule has 0 radical (unpaired) electrons. The van der Waals surface area contributed by atoms with Gasteiger partial charge >= 0.3 is 0 Å². The van der Waals surface area contributed by atoms with Crippen molar-refractivity contribution in [3.8, 4) is 5.75 Å². The maximum absolute atomic E-state index is 5.27. The van der Waals surface area contributed by atoms with Crippen LogP contribution in [0.25, 0.3) is 11.1 Å². The third-order valence-electron chi connectivity index (χ3n) is 3.23. The molecule has 3 heteroatoms. The van der Waals surface area contributed by atoms with Gasteiger partial charge in [-0.05, 0) is 42.8 Å². The molecule has 2 heterocycles. The molecule has 1 aliphatic heterocycles. The van der Waals surface area contributed by atoms with Crippen LogP contribution in [0.3, 0.4) is 0 Å². The molecule has 0 fully saturated rings. The molecule has 3 nitrogen and oxygen atoms in total. The standard InChI is InChI=1S/C15H14N2O/c1-10(14-4-3-7-16-14)13-9-17-15-6-5-11(18-2)8-12(13)15/h3-9,16H,1-2H3. The second-order valence-electron chi connectivity index (χ2n) is 4.26. The number of aromatic amines is 1. The van der Waals surface area contributed by atoms with Gasteiger partial charge in [0.25, 0.3) is 0 Å². The largest absolute Gasteiger partial charge is 0.497 e. The van der Waals surface area contributed by atoms with Crippen molar-refractivity contribution in [2.45, 2.75) is 6.92 Å². The zero-order chi connectivity index (χ0) is 12.5. The van der Waals surface area contributed by atoms with Gasteiger partial charge in [0.2, 0.25) is 0 Å². The van der Waals surface area contributed by atoms with Gasteiger partial charge in [-0.3, -0.25) is 4.99 Å². The minimum Gasteiger partial charge on any atom is -0.497 e. The second-order valence-corrected chi connectivity index (χ2v) is 4.26. The summed E-state index contributed by atoms with van der Waals surface area (Å²) in [7, 11) is 1.68. The average Bonchev–Trinajstić information content (AvgIpc) is 3.06. The van der Waals surface area contributed by atoms with Crippen LogP contribution in [-0.4, -0.2) is 18.3 Å². The Kier molecular flexibility index (Phi) is 2.52. The van der Waals surface area contributed by atoms with Crippen molar-refractivity contribution >= 4 is 23.0 Å². The van der Waals surface area contributed by atoms with E-state index in [1.807, 2.05) is 36.7 Å². The third-order valence-corrected chi connectivity index (χ3v) is 3.23. The lowest BCUT2D eigenvalue weighted by molar-refractivity contribution is 0.415. The molecule has 1 aliphatic rings. The first kappa shape index (κ1) is 10.8. The highest BCUT2D eigenvalue weighted by Crippen LogP contribution is 2.37. The maximum atomic E-state index is 5.27. The first-order valence-corrected chi connectivity index (χ1v) is 5.86. The van der Waals surface area contributed by atoms with Crippen molar-refractivity contribution in [1.29, 1.82) is 0 Å². The highest BCUT2D eigenvalue weighted by atomic mass is 16.5. The Morgan fingerprint density at radius 1 is 1.28 bits per heavy atom. The van der Waals surface area contributed by atoms with E-state index in [0.717, 1.165) is 28.3 Å².